The second-order valence-electron chi connectivity index (χ2n) is 4.85. The van der Waals surface area contributed by atoms with E-state index in [2.05, 4.69) is 44.0 Å². The highest BCUT2D eigenvalue weighted by Gasteiger charge is 2.04. The molecule has 2 heterocycles. The number of thiazole rings is 2. The quantitative estimate of drug-likeness (QED) is 0.385. The molecule has 0 amide bonds. The zero-order valence-electron chi connectivity index (χ0n) is 12.4. The normalized spacial score (nSPS) is 12.8. The third-order valence-corrected chi connectivity index (χ3v) is 5.42. The van der Waals surface area contributed by atoms with E-state index in [4.69, 9.17) is 0 Å². The van der Waals surface area contributed by atoms with E-state index in [1.165, 1.54) is 21.6 Å². The second kappa shape index (κ2) is 6.02. The Morgan fingerprint density at radius 1 is 1.00 bits per heavy atom. The van der Waals surface area contributed by atoms with Gasteiger partial charge in [0.2, 0.25) is 9.93 Å². The van der Waals surface area contributed by atoms with Gasteiger partial charge in [0.1, 0.15) is 0 Å². The van der Waals surface area contributed by atoms with Gasteiger partial charge in [0.15, 0.2) is 0 Å². The van der Waals surface area contributed by atoms with E-state index in [1.54, 1.807) is 11.3 Å². The molecule has 0 aliphatic heterocycles. The summed E-state index contributed by atoms with van der Waals surface area (Å²) in [6, 6.07) is 16.2. The van der Waals surface area contributed by atoms with Crippen molar-refractivity contribution in [3.05, 3.63) is 53.3 Å². The predicted molar refractivity (Wildman–Crippen MR) is 95.2 cm³/mol. The van der Waals surface area contributed by atoms with Crippen LogP contribution in [0.15, 0.2) is 64.0 Å². The van der Waals surface area contributed by atoms with Crippen molar-refractivity contribution in [2.45, 2.75) is 13.5 Å². The molecule has 0 bridgehead atoms. The molecule has 0 radical (unpaired) electrons. The number of fused-ring (bicyclic) bond motifs is 2. The molecule has 2 aromatic carbocycles. The Morgan fingerprint density at radius 3 is 2.61 bits per heavy atom. The fraction of sp³-hybridized carbons (Fsp3) is 0.125. The summed E-state index contributed by atoms with van der Waals surface area (Å²) in [5, 5.41) is 13.1. The van der Waals surface area contributed by atoms with Crippen molar-refractivity contribution in [1.29, 1.82) is 0 Å². The van der Waals surface area contributed by atoms with Crippen LogP contribution in [-0.4, -0.2) is 9.55 Å². The first kappa shape index (κ1) is 14.2. The number of hydrogen-bond donors (Lipinski definition) is 0. The van der Waals surface area contributed by atoms with E-state index >= 15 is 0 Å². The third kappa shape index (κ3) is 2.69. The Bertz CT molecular complexity index is 1040. The summed E-state index contributed by atoms with van der Waals surface area (Å²) < 4.78 is 4.44. The minimum Gasteiger partial charge on any atom is -0.315 e. The van der Waals surface area contributed by atoms with E-state index in [1.807, 2.05) is 36.4 Å². The van der Waals surface area contributed by atoms with Gasteiger partial charge in [-0.25, -0.2) is 4.98 Å². The van der Waals surface area contributed by atoms with E-state index in [0.29, 0.717) is 5.13 Å². The van der Waals surface area contributed by atoms with Crippen LogP contribution in [0.25, 0.3) is 20.4 Å². The molecule has 7 heteroatoms. The van der Waals surface area contributed by atoms with Crippen LogP contribution in [-0.2, 0) is 6.54 Å². The lowest BCUT2D eigenvalue weighted by atomic mass is 10.3. The number of para-hydroxylation sites is 2. The van der Waals surface area contributed by atoms with Crippen molar-refractivity contribution >= 4 is 48.2 Å². The second-order valence-corrected chi connectivity index (χ2v) is 6.87. The summed E-state index contributed by atoms with van der Waals surface area (Å²) >= 11 is 3.13. The topological polar surface area (TPSA) is 54.9 Å². The van der Waals surface area contributed by atoms with Gasteiger partial charge in [0.05, 0.1) is 20.4 Å². The molecule has 23 heavy (non-hydrogen) atoms. The minimum absolute atomic E-state index is 0.624. The molecule has 4 aromatic rings. The standard InChI is InChI=1S/C16H13N5S2/c1-2-21-12-8-4-6-10-14(12)23-16(21)19-20-18-15-17-11-7-3-5-9-13(11)22-15/h3-10H,2H2,1H3. The third-order valence-electron chi connectivity index (χ3n) is 3.45. The molecule has 4 rings (SSSR count). The predicted octanol–water partition coefficient (Wildman–Crippen LogP) is 4.93. The summed E-state index contributed by atoms with van der Waals surface area (Å²) in [5.41, 5.74) is 2.12. The lowest BCUT2D eigenvalue weighted by molar-refractivity contribution is 0.750. The van der Waals surface area contributed by atoms with Crippen molar-refractivity contribution in [2.75, 3.05) is 0 Å². The zero-order chi connectivity index (χ0) is 15.6. The molecule has 0 fully saturated rings. The van der Waals surface area contributed by atoms with Crippen LogP contribution in [0.4, 0.5) is 5.13 Å². The lowest BCUT2D eigenvalue weighted by Crippen LogP contribution is -2.12. The number of hydrogen-bond acceptors (Lipinski definition) is 5. The summed E-state index contributed by atoms with van der Waals surface area (Å²) in [5.74, 6) is 0. The van der Waals surface area contributed by atoms with Gasteiger partial charge < -0.3 is 4.57 Å². The molecule has 2 aromatic heterocycles. The molecule has 0 spiro atoms. The molecule has 114 valence electrons. The molecule has 5 nitrogen and oxygen atoms in total. The smallest absolute Gasteiger partial charge is 0.232 e. The molecule has 0 saturated heterocycles. The molecule has 0 atom stereocenters. The first-order valence-corrected chi connectivity index (χ1v) is 8.87. The zero-order valence-corrected chi connectivity index (χ0v) is 14.0. The summed E-state index contributed by atoms with van der Waals surface area (Å²) in [6.07, 6.45) is 0. The fourth-order valence-electron chi connectivity index (χ4n) is 2.40. The number of aromatic nitrogens is 2. The van der Waals surface area contributed by atoms with Gasteiger partial charge in [0, 0.05) is 6.54 Å². The average Bonchev–Trinajstić information content (AvgIpc) is 3.14. The van der Waals surface area contributed by atoms with Gasteiger partial charge >= 0.3 is 0 Å². The van der Waals surface area contributed by atoms with E-state index in [-0.39, 0.29) is 0 Å². The Balaban J connectivity index is 1.73. The van der Waals surface area contributed by atoms with E-state index in [9.17, 15) is 0 Å². The summed E-state index contributed by atoms with van der Waals surface area (Å²) in [7, 11) is 0. The van der Waals surface area contributed by atoms with Crippen LogP contribution in [0.1, 0.15) is 6.92 Å². The van der Waals surface area contributed by atoms with Gasteiger partial charge in [0.25, 0.3) is 0 Å². The number of aryl methyl sites for hydroxylation is 1. The van der Waals surface area contributed by atoms with E-state index in [0.717, 1.165) is 21.6 Å². The highest BCUT2D eigenvalue weighted by atomic mass is 32.1. The van der Waals surface area contributed by atoms with Crippen LogP contribution >= 0.6 is 22.7 Å². The van der Waals surface area contributed by atoms with Gasteiger partial charge in [-0.3, -0.25) is 0 Å². The maximum absolute atomic E-state index is 4.42. The Kier molecular flexibility index (Phi) is 3.72. The lowest BCUT2D eigenvalue weighted by Gasteiger charge is -1.97. The molecule has 0 saturated carbocycles. The van der Waals surface area contributed by atoms with Gasteiger partial charge in [-0.05, 0) is 36.4 Å². The van der Waals surface area contributed by atoms with Gasteiger partial charge in [-0.2, -0.15) is 0 Å². The van der Waals surface area contributed by atoms with E-state index < -0.39 is 0 Å². The molecular weight excluding hydrogens is 326 g/mol. The van der Waals surface area contributed by atoms with Crippen molar-refractivity contribution in [3.8, 4) is 0 Å². The van der Waals surface area contributed by atoms with Crippen LogP contribution in [0.5, 0.6) is 0 Å². The maximum atomic E-state index is 4.42. The SMILES string of the molecule is CCn1c(=NN=Nc2nc3ccccc3s2)sc2ccccc21. The monoisotopic (exact) mass is 339 g/mol. The van der Waals surface area contributed by atoms with Crippen LogP contribution in [0.2, 0.25) is 0 Å². The summed E-state index contributed by atoms with van der Waals surface area (Å²) in [4.78, 5) is 5.27. The van der Waals surface area contributed by atoms with Crippen LogP contribution in [0, 0.1) is 0 Å². The van der Waals surface area contributed by atoms with Crippen molar-refractivity contribution < 1.29 is 0 Å². The molecule has 0 unspecified atom stereocenters. The van der Waals surface area contributed by atoms with Crippen molar-refractivity contribution in [3.63, 3.8) is 0 Å². The van der Waals surface area contributed by atoms with Gasteiger partial charge in [-0.15, -0.1) is 5.10 Å². The number of benzene rings is 2. The van der Waals surface area contributed by atoms with Gasteiger partial charge in [-0.1, -0.05) is 52.1 Å². The van der Waals surface area contributed by atoms with Crippen LogP contribution in [0.3, 0.4) is 0 Å². The molecule has 0 aliphatic carbocycles. The Hall–Kier alpha value is -2.38. The first-order chi connectivity index (χ1) is 11.3. The largest absolute Gasteiger partial charge is 0.315 e. The molecular formula is C16H13N5S2. The molecule has 0 aliphatic rings. The first-order valence-electron chi connectivity index (χ1n) is 7.24. The summed E-state index contributed by atoms with van der Waals surface area (Å²) in [6.45, 7) is 2.95. The van der Waals surface area contributed by atoms with Crippen molar-refractivity contribution in [1.82, 2.24) is 9.55 Å². The van der Waals surface area contributed by atoms with Crippen molar-refractivity contribution in [2.24, 2.45) is 15.4 Å². The molecule has 0 N–H and O–H groups in total. The Labute approximate surface area is 140 Å². The Morgan fingerprint density at radius 2 is 1.78 bits per heavy atom. The fourth-order valence-corrected chi connectivity index (χ4v) is 4.23. The average molecular weight is 339 g/mol. The highest BCUT2D eigenvalue weighted by Crippen LogP contribution is 2.27. The van der Waals surface area contributed by atoms with Crippen LogP contribution < -0.4 is 4.80 Å². The maximum Gasteiger partial charge on any atom is 0.232 e. The minimum atomic E-state index is 0.624. The number of rotatable bonds is 3. The highest BCUT2D eigenvalue weighted by molar-refractivity contribution is 7.21. The number of nitrogens with zero attached hydrogens (tertiary/aromatic N) is 5.